The molecule has 1 aliphatic carbocycles. The first-order valence-electron chi connectivity index (χ1n) is 5.03. The first-order chi connectivity index (χ1) is 6.08. The van der Waals surface area contributed by atoms with Crippen LogP contribution in [0.4, 0.5) is 0 Å². The minimum atomic E-state index is -0.898. The number of hydrogen-bond acceptors (Lipinski definition) is 2. The number of ketones is 1. The SMILES string of the molecule is CCCCC[C@@H]1C(=O)C=C[C@@]1(C)O. The second-order valence-electron chi connectivity index (χ2n) is 4.01. The fourth-order valence-electron chi connectivity index (χ4n) is 1.80. The highest BCUT2D eigenvalue weighted by molar-refractivity contribution is 5.95. The third-order valence-corrected chi connectivity index (χ3v) is 2.73. The molecule has 1 rings (SSSR count). The monoisotopic (exact) mass is 182 g/mol. The Labute approximate surface area is 79.6 Å². The van der Waals surface area contributed by atoms with Crippen molar-refractivity contribution >= 4 is 5.78 Å². The normalized spacial score (nSPS) is 32.8. The first kappa shape index (κ1) is 10.5. The molecule has 0 saturated carbocycles. The topological polar surface area (TPSA) is 37.3 Å². The van der Waals surface area contributed by atoms with Crippen LogP contribution in [0.25, 0.3) is 0 Å². The smallest absolute Gasteiger partial charge is 0.161 e. The Morgan fingerprint density at radius 2 is 2.23 bits per heavy atom. The Bertz CT molecular complexity index is 216. The van der Waals surface area contributed by atoms with E-state index >= 15 is 0 Å². The minimum Gasteiger partial charge on any atom is -0.385 e. The van der Waals surface area contributed by atoms with Crippen molar-refractivity contribution in [2.24, 2.45) is 5.92 Å². The fraction of sp³-hybridized carbons (Fsp3) is 0.727. The molecule has 0 aromatic rings. The summed E-state index contributed by atoms with van der Waals surface area (Å²) in [6.45, 7) is 3.85. The number of carbonyl (C=O) groups excluding carboxylic acids is 1. The molecule has 0 aromatic carbocycles. The van der Waals surface area contributed by atoms with Crippen molar-refractivity contribution in [3.05, 3.63) is 12.2 Å². The highest BCUT2D eigenvalue weighted by Gasteiger charge is 2.37. The van der Waals surface area contributed by atoms with Crippen molar-refractivity contribution in [2.75, 3.05) is 0 Å². The number of hydrogen-bond donors (Lipinski definition) is 1. The predicted molar refractivity (Wildman–Crippen MR) is 52.4 cm³/mol. The molecule has 0 aromatic heterocycles. The highest BCUT2D eigenvalue weighted by atomic mass is 16.3. The molecule has 0 unspecified atom stereocenters. The Hall–Kier alpha value is -0.630. The molecule has 0 radical (unpaired) electrons. The lowest BCUT2D eigenvalue weighted by Crippen LogP contribution is -2.32. The molecule has 0 saturated heterocycles. The molecule has 2 atom stereocenters. The third-order valence-electron chi connectivity index (χ3n) is 2.73. The number of rotatable bonds is 4. The zero-order valence-corrected chi connectivity index (χ0v) is 8.42. The van der Waals surface area contributed by atoms with E-state index in [0.717, 1.165) is 25.7 Å². The molecule has 13 heavy (non-hydrogen) atoms. The third kappa shape index (κ3) is 2.41. The average Bonchev–Trinajstić information content (AvgIpc) is 2.31. The summed E-state index contributed by atoms with van der Waals surface area (Å²) in [6.07, 6.45) is 7.26. The quantitative estimate of drug-likeness (QED) is 0.676. The lowest BCUT2D eigenvalue weighted by Gasteiger charge is -2.23. The van der Waals surface area contributed by atoms with Crippen LogP contribution >= 0.6 is 0 Å². The first-order valence-corrected chi connectivity index (χ1v) is 5.03. The van der Waals surface area contributed by atoms with Crippen LogP contribution in [0.2, 0.25) is 0 Å². The summed E-state index contributed by atoms with van der Waals surface area (Å²) in [5.41, 5.74) is -0.898. The number of unbranched alkanes of at least 4 members (excludes halogenated alkanes) is 2. The molecule has 0 fully saturated rings. The van der Waals surface area contributed by atoms with Crippen LogP contribution in [0.1, 0.15) is 39.5 Å². The molecule has 1 aliphatic rings. The van der Waals surface area contributed by atoms with Crippen LogP contribution in [-0.4, -0.2) is 16.5 Å². The summed E-state index contributed by atoms with van der Waals surface area (Å²) in [5, 5.41) is 9.82. The van der Waals surface area contributed by atoms with Gasteiger partial charge in [0.15, 0.2) is 5.78 Å². The van der Waals surface area contributed by atoms with Crippen LogP contribution in [0.15, 0.2) is 12.2 Å². The Morgan fingerprint density at radius 1 is 1.54 bits per heavy atom. The van der Waals surface area contributed by atoms with Crippen LogP contribution in [-0.2, 0) is 4.79 Å². The zero-order chi connectivity index (χ0) is 9.90. The molecule has 0 bridgehead atoms. The van der Waals surface area contributed by atoms with Gasteiger partial charge in [-0.05, 0) is 25.5 Å². The van der Waals surface area contributed by atoms with E-state index in [-0.39, 0.29) is 11.7 Å². The van der Waals surface area contributed by atoms with E-state index in [1.165, 1.54) is 6.08 Å². The zero-order valence-electron chi connectivity index (χ0n) is 8.42. The summed E-state index contributed by atoms with van der Waals surface area (Å²) in [6, 6.07) is 0. The van der Waals surface area contributed by atoms with E-state index in [1.807, 2.05) is 0 Å². The Kier molecular flexibility index (Phi) is 3.26. The van der Waals surface area contributed by atoms with Gasteiger partial charge in [-0.15, -0.1) is 0 Å². The molecule has 2 heteroatoms. The van der Waals surface area contributed by atoms with Gasteiger partial charge in [0, 0.05) is 0 Å². The molecular weight excluding hydrogens is 164 g/mol. The second-order valence-corrected chi connectivity index (χ2v) is 4.01. The molecule has 0 heterocycles. The predicted octanol–water partition coefficient (Wildman–Crippen LogP) is 2.07. The van der Waals surface area contributed by atoms with Gasteiger partial charge < -0.3 is 5.11 Å². The molecule has 2 nitrogen and oxygen atoms in total. The molecule has 0 amide bonds. The number of carbonyl (C=O) groups is 1. The van der Waals surface area contributed by atoms with E-state index in [0.29, 0.717) is 0 Å². The summed E-state index contributed by atoms with van der Waals surface area (Å²) in [4.78, 5) is 11.3. The van der Waals surface area contributed by atoms with Crippen LogP contribution < -0.4 is 0 Å². The minimum absolute atomic E-state index is 0.0844. The van der Waals surface area contributed by atoms with Crippen LogP contribution in [0, 0.1) is 5.92 Å². The maximum absolute atomic E-state index is 11.3. The average molecular weight is 182 g/mol. The van der Waals surface area contributed by atoms with Gasteiger partial charge in [0.05, 0.1) is 11.5 Å². The fourth-order valence-corrected chi connectivity index (χ4v) is 1.80. The summed E-state index contributed by atoms with van der Waals surface area (Å²) in [5.74, 6) is -0.111. The number of allylic oxidation sites excluding steroid dienone is 1. The maximum atomic E-state index is 11.3. The van der Waals surface area contributed by atoms with Crippen LogP contribution in [0.5, 0.6) is 0 Å². The van der Waals surface area contributed by atoms with Gasteiger partial charge in [-0.1, -0.05) is 26.2 Å². The van der Waals surface area contributed by atoms with E-state index in [1.54, 1.807) is 13.0 Å². The van der Waals surface area contributed by atoms with Crippen molar-refractivity contribution in [3.8, 4) is 0 Å². The highest BCUT2D eigenvalue weighted by Crippen LogP contribution is 2.30. The van der Waals surface area contributed by atoms with Crippen LogP contribution in [0.3, 0.4) is 0 Å². The Morgan fingerprint density at radius 3 is 2.69 bits per heavy atom. The van der Waals surface area contributed by atoms with Crippen molar-refractivity contribution in [1.82, 2.24) is 0 Å². The van der Waals surface area contributed by atoms with E-state index in [9.17, 15) is 9.90 Å². The Balaban J connectivity index is 2.45. The number of aliphatic hydroxyl groups is 1. The van der Waals surface area contributed by atoms with Crippen molar-refractivity contribution in [2.45, 2.75) is 45.1 Å². The van der Waals surface area contributed by atoms with Gasteiger partial charge in [0.25, 0.3) is 0 Å². The van der Waals surface area contributed by atoms with E-state index in [2.05, 4.69) is 6.92 Å². The molecule has 1 N–H and O–H groups in total. The standard InChI is InChI=1S/C11H18O2/c1-3-4-5-6-9-10(12)7-8-11(9,2)13/h7-9,13H,3-6H2,1-2H3/t9-,11-/m1/s1. The van der Waals surface area contributed by atoms with Gasteiger partial charge >= 0.3 is 0 Å². The summed E-state index contributed by atoms with van der Waals surface area (Å²) in [7, 11) is 0. The molecular formula is C11H18O2. The second kappa shape index (κ2) is 4.05. The summed E-state index contributed by atoms with van der Waals surface area (Å²) >= 11 is 0. The van der Waals surface area contributed by atoms with Crippen molar-refractivity contribution in [3.63, 3.8) is 0 Å². The van der Waals surface area contributed by atoms with Crippen molar-refractivity contribution in [1.29, 1.82) is 0 Å². The maximum Gasteiger partial charge on any atom is 0.161 e. The van der Waals surface area contributed by atoms with Gasteiger partial charge in [-0.2, -0.15) is 0 Å². The summed E-state index contributed by atoms with van der Waals surface area (Å²) < 4.78 is 0. The largest absolute Gasteiger partial charge is 0.385 e. The van der Waals surface area contributed by atoms with Gasteiger partial charge in [0.1, 0.15) is 0 Å². The van der Waals surface area contributed by atoms with Gasteiger partial charge in [0.2, 0.25) is 0 Å². The van der Waals surface area contributed by atoms with E-state index < -0.39 is 5.60 Å². The lowest BCUT2D eigenvalue weighted by molar-refractivity contribution is -0.122. The molecule has 0 aliphatic heterocycles. The molecule has 74 valence electrons. The van der Waals surface area contributed by atoms with E-state index in [4.69, 9.17) is 0 Å². The lowest BCUT2D eigenvalue weighted by atomic mass is 9.87. The van der Waals surface area contributed by atoms with Gasteiger partial charge in [-0.25, -0.2) is 0 Å². The van der Waals surface area contributed by atoms with Crippen molar-refractivity contribution < 1.29 is 9.90 Å². The molecule has 0 spiro atoms. The van der Waals surface area contributed by atoms with Gasteiger partial charge in [-0.3, -0.25) is 4.79 Å².